The quantitative estimate of drug-likeness (QED) is 0.559. The van der Waals surface area contributed by atoms with Gasteiger partial charge in [-0.2, -0.15) is 5.26 Å². The Bertz CT molecular complexity index is 342. The topological polar surface area (TPSA) is 35.8 Å². The van der Waals surface area contributed by atoms with Gasteiger partial charge in [-0.3, -0.25) is 5.32 Å². The largest absolute Gasteiger partial charge is 0.291 e. The van der Waals surface area contributed by atoms with Crippen LogP contribution in [-0.4, -0.2) is 0 Å². The second-order valence-corrected chi connectivity index (χ2v) is 3.13. The minimum atomic E-state index is 0.499. The van der Waals surface area contributed by atoms with Crippen LogP contribution in [0.25, 0.3) is 0 Å². The highest BCUT2D eigenvalue weighted by Gasteiger charge is 2.02. The average Bonchev–Trinajstić information content (AvgIpc) is 2.01. The zero-order chi connectivity index (χ0) is 9.14. The highest BCUT2D eigenvalue weighted by Crippen LogP contribution is 2.28. The van der Waals surface area contributed by atoms with E-state index < -0.39 is 0 Å². The molecule has 0 aliphatic carbocycles. The minimum absolute atomic E-state index is 0.499. The van der Waals surface area contributed by atoms with Crippen LogP contribution in [-0.2, 0) is 0 Å². The van der Waals surface area contributed by atoms with E-state index in [1.54, 1.807) is 18.3 Å². The summed E-state index contributed by atoms with van der Waals surface area (Å²) in [7, 11) is 0. The molecule has 1 aromatic carbocycles. The molecule has 0 fully saturated rings. The van der Waals surface area contributed by atoms with E-state index in [9.17, 15) is 0 Å². The Morgan fingerprint density at radius 1 is 1.33 bits per heavy atom. The molecule has 0 bridgehead atoms. The van der Waals surface area contributed by atoms with Gasteiger partial charge < -0.3 is 0 Å². The molecule has 0 heterocycles. The van der Waals surface area contributed by atoms with Gasteiger partial charge in [0.05, 0.1) is 10.7 Å². The van der Waals surface area contributed by atoms with E-state index in [1.165, 1.54) is 0 Å². The average molecular weight is 201 g/mol. The molecule has 2 nitrogen and oxygen atoms in total. The van der Waals surface area contributed by atoms with E-state index in [-0.39, 0.29) is 0 Å². The first kappa shape index (κ1) is 9.18. The van der Waals surface area contributed by atoms with Gasteiger partial charge in [0.15, 0.2) is 6.19 Å². The Labute approximate surface area is 80.7 Å². The number of hydrogen-bond donors (Lipinski definition) is 1. The number of benzene rings is 1. The third-order valence-corrected chi connectivity index (χ3v) is 2.16. The number of nitrogens with zero attached hydrogens (tertiary/aromatic N) is 1. The van der Waals surface area contributed by atoms with Crippen molar-refractivity contribution in [3.8, 4) is 6.19 Å². The monoisotopic (exact) mass is 200 g/mol. The van der Waals surface area contributed by atoms with Gasteiger partial charge in [-0.1, -0.05) is 23.2 Å². The molecule has 0 radical (unpaired) electrons. The number of hydrogen-bond acceptors (Lipinski definition) is 2. The number of nitrogens with one attached hydrogen (secondary N) is 1. The first-order valence-corrected chi connectivity index (χ1v) is 4.01. The highest BCUT2D eigenvalue weighted by molar-refractivity contribution is 6.35. The van der Waals surface area contributed by atoms with Gasteiger partial charge in [0, 0.05) is 5.02 Å². The molecule has 0 unspecified atom stereocenters. The lowest BCUT2D eigenvalue weighted by molar-refractivity contribution is 1.43. The lowest BCUT2D eigenvalue weighted by Crippen LogP contribution is -1.89. The van der Waals surface area contributed by atoms with E-state index in [2.05, 4.69) is 5.32 Å². The molecule has 0 aromatic heterocycles. The molecule has 1 aromatic rings. The molecule has 0 atom stereocenters. The number of rotatable bonds is 1. The van der Waals surface area contributed by atoms with Crippen LogP contribution in [0.15, 0.2) is 12.1 Å². The SMILES string of the molecule is Cc1cc(Cl)c(NC#N)cc1Cl. The van der Waals surface area contributed by atoms with Crippen molar-refractivity contribution in [3.63, 3.8) is 0 Å². The van der Waals surface area contributed by atoms with E-state index in [0.29, 0.717) is 15.7 Å². The van der Waals surface area contributed by atoms with Gasteiger partial charge in [0.2, 0.25) is 0 Å². The zero-order valence-electron chi connectivity index (χ0n) is 6.36. The van der Waals surface area contributed by atoms with Gasteiger partial charge in [0.1, 0.15) is 0 Å². The van der Waals surface area contributed by atoms with Gasteiger partial charge in [-0.05, 0) is 24.6 Å². The first-order valence-electron chi connectivity index (χ1n) is 3.26. The molecule has 0 aliphatic rings. The van der Waals surface area contributed by atoms with Crippen LogP contribution < -0.4 is 5.32 Å². The van der Waals surface area contributed by atoms with Gasteiger partial charge in [-0.15, -0.1) is 0 Å². The Morgan fingerprint density at radius 2 is 2.00 bits per heavy atom. The number of anilines is 1. The van der Waals surface area contributed by atoms with Crippen LogP contribution in [0.1, 0.15) is 5.56 Å². The van der Waals surface area contributed by atoms with E-state index >= 15 is 0 Å². The minimum Gasteiger partial charge on any atom is -0.291 e. The Hall–Kier alpha value is -0.910. The maximum absolute atomic E-state index is 8.34. The second kappa shape index (κ2) is 3.66. The molecule has 4 heteroatoms. The van der Waals surface area contributed by atoms with Crippen molar-refractivity contribution in [2.24, 2.45) is 0 Å². The molecule has 62 valence electrons. The maximum Gasteiger partial charge on any atom is 0.181 e. The number of nitriles is 1. The summed E-state index contributed by atoms with van der Waals surface area (Å²) in [6.45, 7) is 1.85. The summed E-state index contributed by atoms with van der Waals surface area (Å²) in [6.07, 6.45) is 1.78. The fourth-order valence-electron chi connectivity index (χ4n) is 0.802. The number of aryl methyl sites for hydroxylation is 1. The fourth-order valence-corrected chi connectivity index (χ4v) is 1.23. The van der Waals surface area contributed by atoms with Crippen molar-refractivity contribution in [2.75, 3.05) is 5.32 Å². The van der Waals surface area contributed by atoms with Crippen LogP contribution in [0.4, 0.5) is 5.69 Å². The lowest BCUT2D eigenvalue weighted by Gasteiger charge is -2.03. The predicted molar refractivity (Wildman–Crippen MR) is 50.4 cm³/mol. The van der Waals surface area contributed by atoms with Crippen molar-refractivity contribution in [1.29, 1.82) is 5.26 Å². The summed E-state index contributed by atoms with van der Waals surface area (Å²) in [5.74, 6) is 0. The van der Waals surface area contributed by atoms with E-state index in [4.69, 9.17) is 28.5 Å². The number of halogens is 2. The van der Waals surface area contributed by atoms with E-state index in [0.717, 1.165) is 5.56 Å². The molecule has 12 heavy (non-hydrogen) atoms. The van der Waals surface area contributed by atoms with Gasteiger partial charge in [0.25, 0.3) is 0 Å². The molecule has 0 saturated heterocycles. The smallest absolute Gasteiger partial charge is 0.181 e. The lowest BCUT2D eigenvalue weighted by atomic mass is 10.2. The molecular weight excluding hydrogens is 195 g/mol. The van der Waals surface area contributed by atoms with Crippen molar-refractivity contribution >= 4 is 28.9 Å². The normalized spacial score (nSPS) is 9.17. The summed E-state index contributed by atoms with van der Waals surface area (Å²) in [5, 5.41) is 11.9. The van der Waals surface area contributed by atoms with Crippen molar-refractivity contribution in [1.82, 2.24) is 0 Å². The Kier molecular flexibility index (Phi) is 2.80. The molecule has 1 rings (SSSR count). The summed E-state index contributed by atoms with van der Waals surface area (Å²) in [5.41, 5.74) is 1.43. The molecule has 0 aliphatic heterocycles. The third-order valence-electron chi connectivity index (χ3n) is 1.44. The molecule has 0 spiro atoms. The van der Waals surface area contributed by atoms with Crippen molar-refractivity contribution < 1.29 is 0 Å². The van der Waals surface area contributed by atoms with Gasteiger partial charge in [-0.25, -0.2) is 0 Å². The summed E-state index contributed by atoms with van der Waals surface area (Å²) in [6, 6.07) is 3.34. The van der Waals surface area contributed by atoms with Crippen LogP contribution in [0.5, 0.6) is 0 Å². The first-order chi connectivity index (χ1) is 5.65. The molecular formula is C8H6Cl2N2. The third kappa shape index (κ3) is 1.82. The Morgan fingerprint density at radius 3 is 2.58 bits per heavy atom. The second-order valence-electron chi connectivity index (χ2n) is 2.32. The molecule has 0 amide bonds. The standard InChI is InChI=1S/C8H6Cl2N2/c1-5-2-7(10)8(12-4-11)3-6(5)9/h2-3,12H,1H3. The van der Waals surface area contributed by atoms with Crippen molar-refractivity contribution in [3.05, 3.63) is 27.7 Å². The summed E-state index contributed by atoms with van der Waals surface area (Å²) < 4.78 is 0. The predicted octanol–water partition coefficient (Wildman–Crippen LogP) is 3.19. The summed E-state index contributed by atoms with van der Waals surface area (Å²) >= 11 is 11.6. The van der Waals surface area contributed by atoms with Gasteiger partial charge >= 0.3 is 0 Å². The van der Waals surface area contributed by atoms with E-state index in [1.807, 2.05) is 6.92 Å². The van der Waals surface area contributed by atoms with Crippen LogP contribution in [0, 0.1) is 18.4 Å². The summed E-state index contributed by atoms with van der Waals surface area (Å²) in [4.78, 5) is 0. The van der Waals surface area contributed by atoms with Crippen LogP contribution in [0.2, 0.25) is 10.0 Å². The Balaban J connectivity index is 3.16. The van der Waals surface area contributed by atoms with Crippen LogP contribution >= 0.6 is 23.2 Å². The zero-order valence-corrected chi connectivity index (χ0v) is 7.87. The molecule has 1 N–H and O–H groups in total. The molecule has 0 saturated carbocycles. The maximum atomic E-state index is 8.34. The highest BCUT2D eigenvalue weighted by atomic mass is 35.5. The fraction of sp³-hybridized carbons (Fsp3) is 0.125. The van der Waals surface area contributed by atoms with Crippen molar-refractivity contribution in [2.45, 2.75) is 6.92 Å². The van der Waals surface area contributed by atoms with Crippen LogP contribution in [0.3, 0.4) is 0 Å².